The minimum atomic E-state index is 0.759. The summed E-state index contributed by atoms with van der Waals surface area (Å²) in [4.78, 5) is 5.91. The molecule has 1 nitrogen and oxygen atoms in total. The van der Waals surface area contributed by atoms with Crippen LogP contribution in [0.5, 0.6) is 0 Å². The van der Waals surface area contributed by atoms with Gasteiger partial charge in [-0.15, -0.1) is 11.3 Å². The van der Waals surface area contributed by atoms with E-state index in [4.69, 9.17) is 16.6 Å². The average Bonchev–Trinajstić information content (AvgIpc) is 2.82. The number of aryl methyl sites for hydroxylation is 2. The standard InChI is InChI=1S/C17H14ClNS/c1-11-4-3-5-14(10-11)17-19-12(2)16(20-17)13-6-8-15(18)9-7-13/h3-10H,1-2H3. The van der Waals surface area contributed by atoms with Gasteiger partial charge in [-0.25, -0.2) is 4.98 Å². The van der Waals surface area contributed by atoms with E-state index in [1.165, 1.54) is 21.6 Å². The normalized spacial score (nSPS) is 10.8. The number of thiazole rings is 1. The first-order valence-electron chi connectivity index (χ1n) is 6.44. The summed E-state index contributed by atoms with van der Waals surface area (Å²) in [6, 6.07) is 16.4. The van der Waals surface area contributed by atoms with E-state index in [1.54, 1.807) is 11.3 Å². The lowest BCUT2D eigenvalue weighted by Gasteiger charge is -1.98. The zero-order valence-corrected chi connectivity index (χ0v) is 12.9. The molecule has 0 aliphatic carbocycles. The van der Waals surface area contributed by atoms with Crippen molar-refractivity contribution in [2.45, 2.75) is 13.8 Å². The van der Waals surface area contributed by atoms with Crippen LogP contribution >= 0.6 is 22.9 Å². The molecule has 20 heavy (non-hydrogen) atoms. The lowest BCUT2D eigenvalue weighted by atomic mass is 10.1. The number of hydrogen-bond donors (Lipinski definition) is 0. The topological polar surface area (TPSA) is 12.9 Å². The Balaban J connectivity index is 2.05. The van der Waals surface area contributed by atoms with E-state index in [-0.39, 0.29) is 0 Å². The van der Waals surface area contributed by atoms with Crippen molar-refractivity contribution in [2.24, 2.45) is 0 Å². The molecule has 0 bridgehead atoms. The van der Waals surface area contributed by atoms with Gasteiger partial charge in [0.15, 0.2) is 0 Å². The fourth-order valence-electron chi connectivity index (χ4n) is 2.17. The quantitative estimate of drug-likeness (QED) is 0.587. The summed E-state index contributed by atoms with van der Waals surface area (Å²) in [5.41, 5.74) is 4.67. The van der Waals surface area contributed by atoms with Crippen molar-refractivity contribution in [3.63, 3.8) is 0 Å². The second kappa shape index (κ2) is 5.39. The smallest absolute Gasteiger partial charge is 0.124 e. The van der Waals surface area contributed by atoms with Crippen LogP contribution in [0.3, 0.4) is 0 Å². The lowest BCUT2D eigenvalue weighted by molar-refractivity contribution is 1.27. The molecule has 0 N–H and O–H groups in total. The SMILES string of the molecule is Cc1cccc(-c2nc(C)c(-c3ccc(Cl)cc3)s2)c1. The minimum absolute atomic E-state index is 0.759. The van der Waals surface area contributed by atoms with Crippen molar-refractivity contribution >= 4 is 22.9 Å². The van der Waals surface area contributed by atoms with Gasteiger partial charge < -0.3 is 0 Å². The largest absolute Gasteiger partial charge is 0.241 e. The molecule has 3 rings (SSSR count). The maximum absolute atomic E-state index is 5.95. The summed E-state index contributed by atoms with van der Waals surface area (Å²) in [5.74, 6) is 0. The van der Waals surface area contributed by atoms with Gasteiger partial charge in [-0.05, 0) is 37.6 Å². The zero-order valence-electron chi connectivity index (χ0n) is 11.4. The van der Waals surface area contributed by atoms with E-state index in [2.05, 4.69) is 38.1 Å². The van der Waals surface area contributed by atoms with Crippen molar-refractivity contribution in [1.82, 2.24) is 4.98 Å². The van der Waals surface area contributed by atoms with Gasteiger partial charge in [-0.1, -0.05) is 47.5 Å². The highest BCUT2D eigenvalue weighted by atomic mass is 35.5. The molecule has 2 aromatic carbocycles. The summed E-state index contributed by atoms with van der Waals surface area (Å²) >= 11 is 7.67. The molecule has 0 atom stereocenters. The Morgan fingerprint density at radius 1 is 0.950 bits per heavy atom. The monoisotopic (exact) mass is 299 g/mol. The van der Waals surface area contributed by atoms with Crippen LogP contribution in [-0.2, 0) is 0 Å². The molecule has 0 unspecified atom stereocenters. The van der Waals surface area contributed by atoms with E-state index in [1.807, 2.05) is 24.3 Å². The minimum Gasteiger partial charge on any atom is -0.241 e. The second-order valence-corrected chi connectivity index (χ2v) is 6.25. The van der Waals surface area contributed by atoms with Gasteiger partial charge in [0.05, 0.1) is 10.6 Å². The number of benzene rings is 2. The molecule has 100 valence electrons. The van der Waals surface area contributed by atoms with Crippen molar-refractivity contribution in [2.75, 3.05) is 0 Å². The Hall–Kier alpha value is -1.64. The molecule has 0 fully saturated rings. The molecule has 0 aliphatic heterocycles. The number of hydrogen-bond acceptors (Lipinski definition) is 2. The van der Waals surface area contributed by atoms with Crippen molar-refractivity contribution in [3.05, 3.63) is 64.8 Å². The fraction of sp³-hybridized carbons (Fsp3) is 0.118. The van der Waals surface area contributed by atoms with E-state index in [0.29, 0.717) is 0 Å². The molecular weight excluding hydrogens is 286 g/mol. The Morgan fingerprint density at radius 2 is 1.70 bits per heavy atom. The second-order valence-electron chi connectivity index (χ2n) is 4.81. The predicted molar refractivity (Wildman–Crippen MR) is 87.5 cm³/mol. The van der Waals surface area contributed by atoms with Crippen LogP contribution in [0.25, 0.3) is 21.0 Å². The summed E-state index contributed by atoms with van der Waals surface area (Å²) in [6.45, 7) is 4.16. The van der Waals surface area contributed by atoms with E-state index in [9.17, 15) is 0 Å². The van der Waals surface area contributed by atoms with E-state index in [0.717, 1.165) is 15.7 Å². The van der Waals surface area contributed by atoms with E-state index < -0.39 is 0 Å². The highest BCUT2D eigenvalue weighted by molar-refractivity contribution is 7.18. The predicted octanol–water partition coefficient (Wildman–Crippen LogP) is 5.75. The first kappa shape index (κ1) is 13.3. The Morgan fingerprint density at radius 3 is 2.40 bits per heavy atom. The molecule has 3 heteroatoms. The Bertz CT molecular complexity index is 744. The van der Waals surface area contributed by atoms with Gasteiger partial charge >= 0.3 is 0 Å². The van der Waals surface area contributed by atoms with Gasteiger partial charge in [0, 0.05) is 10.6 Å². The Kier molecular flexibility index (Phi) is 3.60. The third kappa shape index (κ3) is 2.62. The van der Waals surface area contributed by atoms with Crippen LogP contribution in [0.4, 0.5) is 0 Å². The first-order valence-corrected chi connectivity index (χ1v) is 7.63. The van der Waals surface area contributed by atoms with E-state index >= 15 is 0 Å². The van der Waals surface area contributed by atoms with Crippen LogP contribution in [0.1, 0.15) is 11.3 Å². The van der Waals surface area contributed by atoms with Crippen molar-refractivity contribution in [1.29, 1.82) is 0 Å². The summed E-state index contributed by atoms with van der Waals surface area (Å²) in [5, 5.41) is 1.82. The third-order valence-corrected chi connectivity index (χ3v) is 4.68. The van der Waals surface area contributed by atoms with Gasteiger partial charge in [-0.3, -0.25) is 0 Å². The van der Waals surface area contributed by atoms with Gasteiger partial charge in [-0.2, -0.15) is 0 Å². The van der Waals surface area contributed by atoms with Gasteiger partial charge in [0.2, 0.25) is 0 Å². The molecule has 0 amide bonds. The lowest BCUT2D eigenvalue weighted by Crippen LogP contribution is -1.79. The van der Waals surface area contributed by atoms with Gasteiger partial charge in [0.1, 0.15) is 5.01 Å². The Labute approximate surface area is 127 Å². The maximum Gasteiger partial charge on any atom is 0.124 e. The first-order chi connectivity index (χ1) is 9.63. The van der Waals surface area contributed by atoms with Crippen LogP contribution in [-0.4, -0.2) is 4.98 Å². The molecule has 0 saturated heterocycles. The van der Waals surface area contributed by atoms with Crippen molar-refractivity contribution in [3.8, 4) is 21.0 Å². The molecule has 0 radical (unpaired) electrons. The molecule has 0 saturated carbocycles. The maximum atomic E-state index is 5.95. The number of aromatic nitrogens is 1. The van der Waals surface area contributed by atoms with Crippen molar-refractivity contribution < 1.29 is 0 Å². The third-order valence-electron chi connectivity index (χ3n) is 3.17. The molecule has 1 aromatic heterocycles. The molecular formula is C17H14ClNS. The molecule has 0 aliphatic rings. The van der Waals surface area contributed by atoms with Crippen LogP contribution in [0, 0.1) is 13.8 Å². The van der Waals surface area contributed by atoms with Crippen LogP contribution in [0.2, 0.25) is 5.02 Å². The summed E-state index contributed by atoms with van der Waals surface area (Å²) < 4.78 is 0. The van der Waals surface area contributed by atoms with Gasteiger partial charge in [0.25, 0.3) is 0 Å². The highest BCUT2D eigenvalue weighted by Gasteiger charge is 2.11. The molecule has 0 spiro atoms. The highest BCUT2D eigenvalue weighted by Crippen LogP contribution is 2.35. The summed E-state index contributed by atoms with van der Waals surface area (Å²) in [6.07, 6.45) is 0. The molecule has 3 aromatic rings. The number of nitrogens with zero attached hydrogens (tertiary/aromatic N) is 1. The average molecular weight is 300 g/mol. The molecule has 1 heterocycles. The van der Waals surface area contributed by atoms with Crippen LogP contribution in [0.15, 0.2) is 48.5 Å². The fourth-order valence-corrected chi connectivity index (χ4v) is 3.36. The zero-order chi connectivity index (χ0) is 14.1. The van der Waals surface area contributed by atoms with Crippen LogP contribution < -0.4 is 0 Å². The summed E-state index contributed by atoms with van der Waals surface area (Å²) in [7, 11) is 0. The number of halogens is 1. The number of rotatable bonds is 2.